The minimum atomic E-state index is -0.595. The molecule has 0 unspecified atom stereocenters. The molecule has 0 aliphatic carbocycles. The van der Waals surface area contributed by atoms with Crippen molar-refractivity contribution >= 4 is 23.5 Å². The monoisotopic (exact) mass is 344 g/mol. The van der Waals surface area contributed by atoms with Crippen LogP contribution in [-0.4, -0.2) is 31.3 Å². The SMILES string of the molecule is COc1cc(/C=N\NC(=O)c2ccccc2N)cc([N+](=O)[O-])c1OC. The fourth-order valence-corrected chi connectivity index (χ4v) is 2.10. The number of nitrogens with one attached hydrogen (secondary N) is 1. The number of nitrogens with two attached hydrogens (primary N) is 1. The van der Waals surface area contributed by atoms with Gasteiger partial charge in [0.05, 0.1) is 30.9 Å². The lowest BCUT2D eigenvalue weighted by molar-refractivity contribution is -0.385. The molecule has 0 fully saturated rings. The Balaban J connectivity index is 2.23. The lowest BCUT2D eigenvalue weighted by atomic mass is 10.2. The summed E-state index contributed by atoms with van der Waals surface area (Å²) in [6.07, 6.45) is 1.26. The van der Waals surface area contributed by atoms with Gasteiger partial charge in [-0.1, -0.05) is 12.1 Å². The molecule has 0 saturated heterocycles. The van der Waals surface area contributed by atoms with Crippen LogP contribution in [0.3, 0.4) is 0 Å². The number of amides is 1. The third kappa shape index (κ3) is 4.02. The van der Waals surface area contributed by atoms with Gasteiger partial charge in [-0.05, 0) is 18.2 Å². The molecular weight excluding hydrogens is 328 g/mol. The quantitative estimate of drug-likeness (QED) is 0.357. The molecule has 9 heteroatoms. The predicted molar refractivity (Wildman–Crippen MR) is 92.1 cm³/mol. The first-order valence-corrected chi connectivity index (χ1v) is 7.06. The highest BCUT2D eigenvalue weighted by molar-refractivity contribution is 5.99. The molecule has 25 heavy (non-hydrogen) atoms. The fraction of sp³-hybridized carbons (Fsp3) is 0.125. The topological polar surface area (TPSA) is 129 Å². The molecule has 0 saturated carbocycles. The van der Waals surface area contributed by atoms with E-state index in [1.54, 1.807) is 24.3 Å². The Hall–Kier alpha value is -3.62. The molecule has 3 N–H and O–H groups in total. The van der Waals surface area contributed by atoms with Crippen molar-refractivity contribution in [3.8, 4) is 11.5 Å². The molecule has 130 valence electrons. The Morgan fingerprint density at radius 3 is 2.60 bits per heavy atom. The zero-order valence-corrected chi connectivity index (χ0v) is 13.6. The van der Waals surface area contributed by atoms with Crippen molar-refractivity contribution in [2.45, 2.75) is 0 Å². The second-order valence-electron chi connectivity index (χ2n) is 4.82. The Morgan fingerprint density at radius 2 is 2.00 bits per heavy atom. The highest BCUT2D eigenvalue weighted by Crippen LogP contribution is 2.37. The van der Waals surface area contributed by atoms with Crippen LogP contribution in [0.1, 0.15) is 15.9 Å². The molecule has 0 heterocycles. The Morgan fingerprint density at radius 1 is 1.28 bits per heavy atom. The summed E-state index contributed by atoms with van der Waals surface area (Å²) in [4.78, 5) is 22.5. The van der Waals surface area contributed by atoms with Crippen LogP contribution < -0.4 is 20.6 Å². The summed E-state index contributed by atoms with van der Waals surface area (Å²) in [6.45, 7) is 0. The normalized spacial score (nSPS) is 10.5. The van der Waals surface area contributed by atoms with Crippen molar-refractivity contribution in [1.82, 2.24) is 5.43 Å². The summed E-state index contributed by atoms with van der Waals surface area (Å²) in [5, 5.41) is 14.9. The average molecular weight is 344 g/mol. The van der Waals surface area contributed by atoms with Crippen molar-refractivity contribution in [2.75, 3.05) is 20.0 Å². The van der Waals surface area contributed by atoms with Crippen LogP contribution in [0.2, 0.25) is 0 Å². The number of ether oxygens (including phenoxy) is 2. The van der Waals surface area contributed by atoms with E-state index in [4.69, 9.17) is 15.2 Å². The minimum absolute atomic E-state index is 0.00532. The van der Waals surface area contributed by atoms with Crippen LogP contribution in [0.15, 0.2) is 41.5 Å². The van der Waals surface area contributed by atoms with Gasteiger partial charge in [-0.25, -0.2) is 5.43 Å². The zero-order valence-electron chi connectivity index (χ0n) is 13.6. The molecule has 0 radical (unpaired) electrons. The zero-order chi connectivity index (χ0) is 18.4. The Kier molecular flexibility index (Phi) is 5.51. The molecular formula is C16H16N4O5. The highest BCUT2D eigenvalue weighted by Gasteiger charge is 2.21. The van der Waals surface area contributed by atoms with Crippen molar-refractivity contribution < 1.29 is 19.2 Å². The predicted octanol–water partition coefficient (Wildman–Crippen LogP) is 1.96. The molecule has 1 amide bonds. The largest absolute Gasteiger partial charge is 0.493 e. The third-order valence-corrected chi connectivity index (χ3v) is 3.26. The maximum Gasteiger partial charge on any atom is 0.315 e. The van der Waals surface area contributed by atoms with Crippen molar-refractivity contribution in [1.29, 1.82) is 0 Å². The van der Waals surface area contributed by atoms with E-state index in [0.29, 0.717) is 11.3 Å². The van der Waals surface area contributed by atoms with Gasteiger partial charge < -0.3 is 15.2 Å². The standard InChI is InChI=1S/C16H16N4O5/c1-24-14-8-10(7-13(20(22)23)15(14)25-2)9-18-19-16(21)11-5-3-4-6-12(11)17/h3-9H,17H2,1-2H3,(H,19,21)/b18-9-. The summed E-state index contributed by atoms with van der Waals surface area (Å²) in [5.74, 6) is -0.313. The van der Waals surface area contributed by atoms with Crippen molar-refractivity contribution in [3.63, 3.8) is 0 Å². The van der Waals surface area contributed by atoms with E-state index in [1.807, 2.05) is 0 Å². The first-order valence-electron chi connectivity index (χ1n) is 7.06. The van der Waals surface area contributed by atoms with Gasteiger partial charge >= 0.3 is 5.69 Å². The third-order valence-electron chi connectivity index (χ3n) is 3.26. The molecule has 2 aromatic carbocycles. The van der Waals surface area contributed by atoms with Crippen LogP contribution >= 0.6 is 0 Å². The number of benzene rings is 2. The molecule has 2 aromatic rings. The van der Waals surface area contributed by atoms with Gasteiger partial charge in [-0.15, -0.1) is 0 Å². The van der Waals surface area contributed by atoms with E-state index in [-0.39, 0.29) is 22.7 Å². The second-order valence-corrected chi connectivity index (χ2v) is 4.82. The molecule has 0 bridgehead atoms. The number of nitrogen functional groups attached to an aromatic ring is 1. The van der Waals surface area contributed by atoms with Gasteiger partial charge in [0.1, 0.15) is 0 Å². The molecule has 0 aromatic heterocycles. The number of nitro benzene ring substituents is 1. The second kappa shape index (κ2) is 7.77. The van der Waals surface area contributed by atoms with E-state index in [0.717, 1.165) is 0 Å². The van der Waals surface area contributed by atoms with Crippen molar-refractivity contribution in [2.24, 2.45) is 5.10 Å². The summed E-state index contributed by atoms with van der Waals surface area (Å²) < 4.78 is 10.1. The van der Waals surface area contributed by atoms with Gasteiger partial charge in [-0.2, -0.15) is 5.10 Å². The number of carbonyl (C=O) groups is 1. The lowest BCUT2D eigenvalue weighted by Crippen LogP contribution is -2.19. The number of para-hydroxylation sites is 1. The highest BCUT2D eigenvalue weighted by atomic mass is 16.6. The number of rotatable bonds is 6. The molecule has 2 rings (SSSR count). The van der Waals surface area contributed by atoms with Crippen LogP contribution in [0, 0.1) is 10.1 Å². The summed E-state index contributed by atoms with van der Waals surface area (Å²) >= 11 is 0. The van der Waals surface area contributed by atoms with E-state index in [2.05, 4.69) is 10.5 Å². The molecule has 0 aliphatic rings. The van der Waals surface area contributed by atoms with Crippen LogP contribution in [0.25, 0.3) is 0 Å². The first-order chi connectivity index (χ1) is 12.0. The van der Waals surface area contributed by atoms with E-state index in [9.17, 15) is 14.9 Å². The molecule has 0 atom stereocenters. The number of methoxy groups -OCH3 is 2. The van der Waals surface area contributed by atoms with E-state index in [1.165, 1.54) is 32.6 Å². The van der Waals surface area contributed by atoms with Crippen LogP contribution in [-0.2, 0) is 0 Å². The van der Waals surface area contributed by atoms with Gasteiger partial charge in [-0.3, -0.25) is 14.9 Å². The summed E-state index contributed by atoms with van der Waals surface area (Å²) in [7, 11) is 2.67. The number of hydrogen-bond donors (Lipinski definition) is 2. The molecule has 9 nitrogen and oxygen atoms in total. The van der Waals surface area contributed by atoms with Gasteiger partial charge in [0, 0.05) is 17.3 Å². The number of carbonyl (C=O) groups excluding carboxylic acids is 1. The van der Waals surface area contributed by atoms with E-state index >= 15 is 0 Å². The Bertz CT molecular complexity index is 835. The van der Waals surface area contributed by atoms with E-state index < -0.39 is 10.8 Å². The summed E-state index contributed by atoms with van der Waals surface area (Å²) in [6, 6.07) is 9.29. The van der Waals surface area contributed by atoms with Crippen LogP contribution in [0.5, 0.6) is 11.5 Å². The average Bonchev–Trinajstić information content (AvgIpc) is 2.60. The number of nitro groups is 1. The molecule has 0 spiro atoms. The smallest absolute Gasteiger partial charge is 0.315 e. The maximum absolute atomic E-state index is 12.0. The fourth-order valence-electron chi connectivity index (χ4n) is 2.10. The maximum atomic E-state index is 12.0. The number of anilines is 1. The first kappa shape index (κ1) is 17.7. The van der Waals surface area contributed by atoms with Crippen LogP contribution in [0.4, 0.5) is 11.4 Å². The molecule has 0 aliphatic heterocycles. The van der Waals surface area contributed by atoms with Gasteiger partial charge in [0.15, 0.2) is 5.75 Å². The lowest BCUT2D eigenvalue weighted by Gasteiger charge is -2.08. The van der Waals surface area contributed by atoms with Crippen molar-refractivity contribution in [3.05, 3.63) is 57.6 Å². The number of nitrogens with zero attached hydrogens (tertiary/aromatic N) is 2. The van der Waals surface area contributed by atoms with Gasteiger partial charge in [0.2, 0.25) is 5.75 Å². The number of hydrogen-bond acceptors (Lipinski definition) is 7. The Labute approximate surface area is 143 Å². The van der Waals surface area contributed by atoms with Gasteiger partial charge in [0.25, 0.3) is 5.91 Å². The number of hydrazone groups is 1. The minimum Gasteiger partial charge on any atom is -0.493 e. The summed E-state index contributed by atoms with van der Waals surface area (Å²) in [5.41, 5.74) is 8.69.